The van der Waals surface area contributed by atoms with E-state index in [9.17, 15) is 20.3 Å². The third kappa shape index (κ3) is 1.54. The van der Waals surface area contributed by atoms with Crippen LogP contribution in [-0.4, -0.2) is 21.2 Å². The molecule has 22 heavy (non-hydrogen) atoms. The molecule has 0 saturated carbocycles. The van der Waals surface area contributed by atoms with Crippen LogP contribution >= 0.6 is 0 Å². The lowest BCUT2D eigenvalue weighted by Gasteiger charge is -2.24. The first-order valence-electron chi connectivity index (χ1n) is 6.74. The van der Waals surface area contributed by atoms with Gasteiger partial charge in [0.15, 0.2) is 6.10 Å². The number of fused-ring (bicyclic) bond motifs is 5. The summed E-state index contributed by atoms with van der Waals surface area (Å²) in [6, 6.07) is 9.87. The number of para-hydroxylation sites is 1. The Balaban J connectivity index is 2.05. The Morgan fingerprint density at radius 3 is 2.59 bits per heavy atom. The zero-order chi connectivity index (χ0) is 15.4. The highest BCUT2D eigenvalue weighted by atomic mass is 16.6. The molecule has 1 aliphatic heterocycles. The van der Waals surface area contributed by atoms with E-state index in [0.29, 0.717) is 11.3 Å². The van der Waals surface area contributed by atoms with Crippen molar-refractivity contribution in [1.29, 1.82) is 0 Å². The van der Waals surface area contributed by atoms with E-state index in [2.05, 4.69) is 0 Å². The number of rotatable bonds is 1. The fourth-order valence-corrected chi connectivity index (χ4v) is 3.23. The number of hydrogen-bond acceptors (Lipinski definition) is 5. The number of phenolic OH excluding ortho intramolecular Hbond substituents is 2. The molecule has 4 rings (SSSR count). The normalized spacial score (nSPS) is 21.2. The summed E-state index contributed by atoms with van der Waals surface area (Å²) in [6.45, 7) is 0. The molecular formula is C16H11NO5. The third-order valence-electron chi connectivity index (χ3n) is 4.16. The minimum atomic E-state index is -0.812. The Morgan fingerprint density at radius 2 is 1.82 bits per heavy atom. The van der Waals surface area contributed by atoms with Gasteiger partial charge >= 0.3 is 0 Å². The molecular weight excluding hydrogens is 286 g/mol. The molecule has 0 amide bonds. The SMILES string of the molecule is O=[N+]([O-])C1=Cc2c(O)ccc(O)c2[C@H]2c3ccccc3O[C@@H]12. The standard InChI is InChI=1S/C16H11NO5/c18-11-5-6-12(19)14-9(11)7-10(17(20)21)16-15(14)8-3-1-2-4-13(8)22-16/h1-7,15-16,18-19H/t15-,16+/m1/s1. The third-order valence-corrected chi connectivity index (χ3v) is 4.16. The number of phenols is 2. The van der Waals surface area contributed by atoms with E-state index in [-0.39, 0.29) is 22.8 Å². The molecule has 110 valence electrons. The molecule has 2 aromatic rings. The van der Waals surface area contributed by atoms with Crippen LogP contribution in [0.25, 0.3) is 6.08 Å². The van der Waals surface area contributed by atoms with Crippen LogP contribution in [0.15, 0.2) is 42.1 Å². The van der Waals surface area contributed by atoms with Gasteiger partial charge in [-0.3, -0.25) is 10.1 Å². The van der Waals surface area contributed by atoms with E-state index in [4.69, 9.17) is 4.74 Å². The lowest BCUT2D eigenvalue weighted by atomic mass is 9.79. The largest absolute Gasteiger partial charge is 0.508 e. The van der Waals surface area contributed by atoms with Crippen molar-refractivity contribution < 1.29 is 19.9 Å². The average Bonchev–Trinajstić information content (AvgIpc) is 2.89. The van der Waals surface area contributed by atoms with E-state index in [1.807, 2.05) is 12.1 Å². The van der Waals surface area contributed by atoms with Crippen molar-refractivity contribution in [3.63, 3.8) is 0 Å². The topological polar surface area (TPSA) is 92.8 Å². The number of ether oxygens (including phenoxy) is 1. The van der Waals surface area contributed by atoms with E-state index >= 15 is 0 Å². The Bertz CT molecular complexity index is 842. The van der Waals surface area contributed by atoms with Crippen LogP contribution in [0.1, 0.15) is 22.6 Å². The summed E-state index contributed by atoms with van der Waals surface area (Å²) in [5.41, 5.74) is 1.37. The van der Waals surface area contributed by atoms with Gasteiger partial charge in [0.2, 0.25) is 0 Å². The van der Waals surface area contributed by atoms with E-state index in [1.54, 1.807) is 12.1 Å². The molecule has 2 aliphatic rings. The monoisotopic (exact) mass is 297 g/mol. The second-order valence-electron chi connectivity index (χ2n) is 5.31. The van der Waals surface area contributed by atoms with Crippen molar-refractivity contribution in [2.24, 2.45) is 0 Å². The van der Waals surface area contributed by atoms with Crippen LogP contribution in [0, 0.1) is 10.1 Å². The van der Waals surface area contributed by atoms with Gasteiger partial charge in [0.25, 0.3) is 5.70 Å². The summed E-state index contributed by atoms with van der Waals surface area (Å²) in [4.78, 5) is 10.9. The molecule has 0 unspecified atom stereocenters. The molecule has 1 aliphatic carbocycles. The van der Waals surface area contributed by atoms with Crippen LogP contribution in [0.5, 0.6) is 17.2 Å². The summed E-state index contributed by atoms with van der Waals surface area (Å²) in [7, 11) is 0. The second-order valence-corrected chi connectivity index (χ2v) is 5.31. The molecule has 0 spiro atoms. The lowest BCUT2D eigenvalue weighted by molar-refractivity contribution is -0.433. The maximum Gasteiger partial charge on any atom is 0.288 e. The Kier molecular flexibility index (Phi) is 2.45. The number of aromatic hydroxyl groups is 2. The summed E-state index contributed by atoms with van der Waals surface area (Å²) < 4.78 is 5.73. The zero-order valence-electron chi connectivity index (χ0n) is 11.3. The van der Waals surface area contributed by atoms with Gasteiger partial charge in [0, 0.05) is 22.8 Å². The van der Waals surface area contributed by atoms with Crippen LogP contribution in [-0.2, 0) is 0 Å². The highest BCUT2D eigenvalue weighted by Gasteiger charge is 2.48. The molecule has 0 aromatic heterocycles. The van der Waals surface area contributed by atoms with Gasteiger partial charge < -0.3 is 14.9 Å². The lowest BCUT2D eigenvalue weighted by Crippen LogP contribution is -2.29. The van der Waals surface area contributed by atoms with Crippen molar-refractivity contribution in [2.75, 3.05) is 0 Å². The van der Waals surface area contributed by atoms with Crippen molar-refractivity contribution in [2.45, 2.75) is 12.0 Å². The van der Waals surface area contributed by atoms with Gasteiger partial charge in [-0.2, -0.15) is 0 Å². The molecule has 0 radical (unpaired) electrons. The zero-order valence-corrected chi connectivity index (χ0v) is 11.3. The molecule has 0 bridgehead atoms. The highest BCUT2D eigenvalue weighted by molar-refractivity contribution is 5.72. The minimum absolute atomic E-state index is 0.0123. The predicted molar refractivity (Wildman–Crippen MR) is 77.4 cm³/mol. The molecule has 0 saturated heterocycles. The van der Waals surface area contributed by atoms with Crippen LogP contribution in [0.3, 0.4) is 0 Å². The molecule has 2 N–H and O–H groups in total. The summed E-state index contributed by atoms with van der Waals surface area (Å²) in [5, 5.41) is 31.6. The summed E-state index contributed by atoms with van der Waals surface area (Å²) in [6.07, 6.45) is 0.463. The van der Waals surface area contributed by atoms with Crippen molar-refractivity contribution in [3.8, 4) is 17.2 Å². The van der Waals surface area contributed by atoms with Crippen LogP contribution in [0.2, 0.25) is 0 Å². The maximum atomic E-state index is 11.4. The molecule has 2 atom stereocenters. The van der Waals surface area contributed by atoms with E-state index in [1.165, 1.54) is 18.2 Å². The summed E-state index contributed by atoms with van der Waals surface area (Å²) >= 11 is 0. The number of hydrogen-bond donors (Lipinski definition) is 2. The number of nitro groups is 1. The fraction of sp³-hybridized carbons (Fsp3) is 0.125. The predicted octanol–water partition coefficient (Wildman–Crippen LogP) is 2.62. The van der Waals surface area contributed by atoms with Gasteiger partial charge in [-0.25, -0.2) is 0 Å². The first kappa shape index (κ1) is 12.7. The van der Waals surface area contributed by atoms with E-state index in [0.717, 1.165) is 5.56 Å². The van der Waals surface area contributed by atoms with Gasteiger partial charge in [0.05, 0.1) is 10.8 Å². The Labute approximate surface area is 125 Å². The quantitative estimate of drug-likeness (QED) is 0.479. The molecule has 2 aromatic carbocycles. The first-order valence-corrected chi connectivity index (χ1v) is 6.74. The van der Waals surface area contributed by atoms with Crippen molar-refractivity contribution in [1.82, 2.24) is 0 Å². The number of benzene rings is 2. The molecule has 6 heteroatoms. The van der Waals surface area contributed by atoms with Gasteiger partial charge in [-0.15, -0.1) is 0 Å². The molecule has 1 heterocycles. The average molecular weight is 297 g/mol. The van der Waals surface area contributed by atoms with Crippen molar-refractivity contribution >= 4 is 6.08 Å². The van der Waals surface area contributed by atoms with Crippen molar-refractivity contribution in [3.05, 3.63) is 68.9 Å². The second kappa shape index (κ2) is 4.24. The van der Waals surface area contributed by atoms with Crippen LogP contribution < -0.4 is 4.74 Å². The Morgan fingerprint density at radius 1 is 1.09 bits per heavy atom. The van der Waals surface area contributed by atoms with E-state index < -0.39 is 16.9 Å². The van der Waals surface area contributed by atoms with Gasteiger partial charge in [0.1, 0.15) is 17.2 Å². The first-order chi connectivity index (χ1) is 10.6. The fourth-order valence-electron chi connectivity index (χ4n) is 3.23. The smallest absolute Gasteiger partial charge is 0.288 e. The Hall–Kier alpha value is -3.02. The minimum Gasteiger partial charge on any atom is -0.508 e. The van der Waals surface area contributed by atoms with Gasteiger partial charge in [-0.05, 0) is 18.2 Å². The molecule has 0 fully saturated rings. The number of nitrogens with zero attached hydrogens (tertiary/aromatic N) is 1. The van der Waals surface area contributed by atoms with Gasteiger partial charge in [-0.1, -0.05) is 18.2 Å². The molecule has 6 nitrogen and oxygen atoms in total. The van der Waals surface area contributed by atoms with Crippen LogP contribution in [0.4, 0.5) is 0 Å². The highest BCUT2D eigenvalue weighted by Crippen LogP contribution is 2.52. The summed E-state index contributed by atoms with van der Waals surface area (Å²) in [5.74, 6) is -0.0683. The maximum absolute atomic E-state index is 11.4.